The first-order valence-electron chi connectivity index (χ1n) is 4.18. The first-order valence-corrected chi connectivity index (χ1v) is 5.68. The van der Waals surface area contributed by atoms with E-state index in [0.717, 1.165) is 0 Å². The quantitative estimate of drug-likeness (QED) is 0.773. The van der Waals surface area contributed by atoms with Crippen molar-refractivity contribution in [2.45, 2.75) is 12.8 Å². The van der Waals surface area contributed by atoms with Crippen molar-refractivity contribution >= 4 is 33.3 Å². The fourth-order valence-corrected chi connectivity index (χ4v) is 1.57. The normalized spacial score (nSPS) is 10.7. The number of hydrogen-bond acceptors (Lipinski definition) is 1. The number of carbonyl (C=O) groups is 1. The van der Waals surface area contributed by atoms with Crippen LogP contribution in [0.5, 0.6) is 0 Å². The highest BCUT2D eigenvalue weighted by Crippen LogP contribution is 2.26. The molecule has 0 spiro atoms. The Kier molecular flexibility index (Phi) is 4.67. The minimum atomic E-state index is -2.61. The minimum absolute atomic E-state index is 0.00208. The number of Topliss-reactive ketones (excluding diaryl/α,β-unsaturated/α-hetero) is 1. The summed E-state index contributed by atoms with van der Waals surface area (Å²) in [5.41, 5.74) is 0.163. The highest BCUT2D eigenvalue weighted by Gasteiger charge is 2.15. The van der Waals surface area contributed by atoms with Crippen LogP contribution in [0.3, 0.4) is 0 Å². The molecule has 0 N–H and O–H groups in total. The van der Waals surface area contributed by atoms with Crippen LogP contribution in [-0.2, 0) is 11.2 Å². The summed E-state index contributed by atoms with van der Waals surface area (Å²) < 4.78 is 25.2. The highest BCUT2D eigenvalue weighted by atomic mass is 79.9. The predicted octanol–water partition coefficient (Wildman–Crippen LogP) is 3.78. The van der Waals surface area contributed by atoms with Gasteiger partial charge in [0.1, 0.15) is 5.78 Å². The van der Waals surface area contributed by atoms with Gasteiger partial charge in [0.2, 0.25) is 0 Å². The van der Waals surface area contributed by atoms with Crippen LogP contribution in [0.25, 0.3) is 0 Å². The Hall–Kier alpha value is -0.480. The summed E-state index contributed by atoms with van der Waals surface area (Å²) in [5, 5.41) is 0.415. The Morgan fingerprint density at radius 1 is 1.47 bits per heavy atom. The van der Waals surface area contributed by atoms with E-state index in [-0.39, 0.29) is 28.1 Å². The summed E-state index contributed by atoms with van der Waals surface area (Å²) in [7, 11) is 0. The predicted molar refractivity (Wildman–Crippen MR) is 58.9 cm³/mol. The summed E-state index contributed by atoms with van der Waals surface area (Å²) in [6.45, 7) is 0. The molecule has 0 fully saturated rings. The van der Waals surface area contributed by atoms with Gasteiger partial charge >= 0.3 is 0 Å². The van der Waals surface area contributed by atoms with Gasteiger partial charge in [0.05, 0.1) is 5.33 Å². The number of benzene rings is 1. The van der Waals surface area contributed by atoms with Gasteiger partial charge in [-0.05, 0) is 17.7 Å². The number of halogens is 4. The van der Waals surface area contributed by atoms with Crippen molar-refractivity contribution in [3.63, 3.8) is 0 Å². The number of hydrogen-bond donors (Lipinski definition) is 0. The fourth-order valence-electron chi connectivity index (χ4n) is 1.19. The van der Waals surface area contributed by atoms with Gasteiger partial charge in [-0.2, -0.15) is 0 Å². The Morgan fingerprint density at radius 3 is 2.67 bits per heavy atom. The molecule has 0 saturated carbocycles. The van der Waals surface area contributed by atoms with E-state index in [1.165, 1.54) is 18.2 Å². The Labute approximate surface area is 99.6 Å². The lowest BCUT2D eigenvalue weighted by Crippen LogP contribution is -2.06. The molecular formula is C10H8BrClF2O. The number of ketones is 1. The zero-order valence-corrected chi connectivity index (χ0v) is 9.99. The molecule has 1 rings (SSSR count). The Bertz CT molecular complexity index is 368. The first kappa shape index (κ1) is 12.6. The van der Waals surface area contributed by atoms with Gasteiger partial charge in [0, 0.05) is 17.0 Å². The van der Waals surface area contributed by atoms with Crippen LogP contribution in [0.1, 0.15) is 17.6 Å². The van der Waals surface area contributed by atoms with E-state index in [1.54, 1.807) is 0 Å². The van der Waals surface area contributed by atoms with E-state index in [0.29, 0.717) is 5.56 Å². The maximum atomic E-state index is 12.6. The van der Waals surface area contributed by atoms with Gasteiger partial charge in [0.25, 0.3) is 6.43 Å². The van der Waals surface area contributed by atoms with E-state index < -0.39 is 6.43 Å². The van der Waals surface area contributed by atoms with E-state index in [1.807, 2.05) is 0 Å². The molecule has 1 aromatic carbocycles. The molecule has 0 heterocycles. The van der Waals surface area contributed by atoms with E-state index in [9.17, 15) is 13.6 Å². The Balaban J connectivity index is 3.00. The van der Waals surface area contributed by atoms with Crippen molar-refractivity contribution < 1.29 is 13.6 Å². The third-order valence-electron chi connectivity index (χ3n) is 1.88. The van der Waals surface area contributed by atoms with Crippen LogP contribution in [0.4, 0.5) is 8.78 Å². The molecule has 0 aliphatic carbocycles. The standard InChI is InChI=1S/C10H8BrClF2O/c11-5-8(15)3-6-1-2-7(12)4-9(6)10(13)14/h1-2,4,10H,3,5H2. The topological polar surface area (TPSA) is 17.1 Å². The van der Waals surface area contributed by atoms with Gasteiger partial charge in [-0.25, -0.2) is 8.78 Å². The fraction of sp³-hybridized carbons (Fsp3) is 0.300. The van der Waals surface area contributed by atoms with Gasteiger partial charge in [-0.1, -0.05) is 33.6 Å². The van der Waals surface area contributed by atoms with Crippen molar-refractivity contribution in [1.29, 1.82) is 0 Å². The second-order valence-electron chi connectivity index (χ2n) is 2.99. The van der Waals surface area contributed by atoms with Crippen LogP contribution >= 0.6 is 27.5 Å². The highest BCUT2D eigenvalue weighted by molar-refractivity contribution is 9.09. The second-order valence-corrected chi connectivity index (χ2v) is 3.99. The monoisotopic (exact) mass is 296 g/mol. The molecule has 0 atom stereocenters. The number of carbonyl (C=O) groups excluding carboxylic acids is 1. The summed E-state index contributed by atoms with van der Waals surface area (Å²) in [6.07, 6.45) is -2.61. The van der Waals surface area contributed by atoms with E-state index in [2.05, 4.69) is 15.9 Å². The van der Waals surface area contributed by atoms with Crippen LogP contribution in [0, 0.1) is 0 Å². The van der Waals surface area contributed by atoms with Crippen LogP contribution in [0.2, 0.25) is 5.02 Å². The molecule has 1 aromatic rings. The summed E-state index contributed by atoms with van der Waals surface area (Å²) in [5.74, 6) is -0.140. The molecule has 1 nitrogen and oxygen atoms in total. The van der Waals surface area contributed by atoms with Crippen molar-refractivity contribution in [3.8, 4) is 0 Å². The summed E-state index contributed by atoms with van der Waals surface area (Å²) >= 11 is 8.59. The lowest BCUT2D eigenvalue weighted by molar-refractivity contribution is -0.115. The molecule has 0 aromatic heterocycles. The summed E-state index contributed by atoms with van der Waals surface area (Å²) in [6, 6.07) is 4.16. The molecule has 15 heavy (non-hydrogen) atoms. The molecule has 0 unspecified atom stereocenters. The van der Waals surface area contributed by atoms with Crippen molar-refractivity contribution in [1.82, 2.24) is 0 Å². The third-order valence-corrected chi connectivity index (χ3v) is 2.74. The number of alkyl halides is 3. The van der Waals surface area contributed by atoms with Gasteiger partial charge < -0.3 is 0 Å². The summed E-state index contributed by atoms with van der Waals surface area (Å²) in [4.78, 5) is 11.1. The van der Waals surface area contributed by atoms with Crippen molar-refractivity contribution in [2.24, 2.45) is 0 Å². The van der Waals surface area contributed by atoms with Crippen molar-refractivity contribution in [2.75, 3.05) is 5.33 Å². The average molecular weight is 298 g/mol. The van der Waals surface area contributed by atoms with E-state index in [4.69, 9.17) is 11.6 Å². The Morgan fingerprint density at radius 2 is 2.13 bits per heavy atom. The van der Waals surface area contributed by atoms with Crippen LogP contribution in [-0.4, -0.2) is 11.1 Å². The lowest BCUT2D eigenvalue weighted by atomic mass is 10.0. The minimum Gasteiger partial charge on any atom is -0.298 e. The molecule has 0 aliphatic rings. The van der Waals surface area contributed by atoms with Crippen LogP contribution in [0.15, 0.2) is 18.2 Å². The molecule has 0 radical (unpaired) electrons. The van der Waals surface area contributed by atoms with Gasteiger partial charge in [0.15, 0.2) is 0 Å². The first-order chi connectivity index (χ1) is 7.04. The second kappa shape index (κ2) is 5.56. The molecule has 5 heteroatoms. The average Bonchev–Trinajstić information content (AvgIpc) is 2.20. The maximum Gasteiger partial charge on any atom is 0.264 e. The van der Waals surface area contributed by atoms with Gasteiger partial charge in [-0.3, -0.25) is 4.79 Å². The largest absolute Gasteiger partial charge is 0.298 e. The molecular weight excluding hydrogens is 289 g/mol. The SMILES string of the molecule is O=C(CBr)Cc1ccc(Cl)cc1C(F)F. The molecule has 82 valence electrons. The molecule has 0 aliphatic heterocycles. The zero-order valence-electron chi connectivity index (χ0n) is 7.64. The van der Waals surface area contributed by atoms with Crippen molar-refractivity contribution in [3.05, 3.63) is 34.3 Å². The maximum absolute atomic E-state index is 12.6. The zero-order chi connectivity index (χ0) is 11.4. The lowest BCUT2D eigenvalue weighted by Gasteiger charge is -2.07. The number of rotatable bonds is 4. The van der Waals surface area contributed by atoms with Gasteiger partial charge in [-0.15, -0.1) is 0 Å². The smallest absolute Gasteiger partial charge is 0.264 e. The van der Waals surface area contributed by atoms with Crippen LogP contribution < -0.4 is 0 Å². The molecule has 0 amide bonds. The third kappa shape index (κ3) is 3.54. The molecule has 0 bridgehead atoms. The van der Waals surface area contributed by atoms with E-state index >= 15 is 0 Å². The molecule has 0 saturated heterocycles.